The number of methoxy groups -OCH3 is 1. The van der Waals surface area contributed by atoms with Crippen LogP contribution in [0.25, 0.3) is 5.69 Å². The molecule has 4 rings (SSSR count). The molecule has 0 unspecified atom stereocenters. The van der Waals surface area contributed by atoms with Crippen molar-refractivity contribution >= 4 is 40.3 Å². The van der Waals surface area contributed by atoms with Gasteiger partial charge in [-0.25, -0.2) is 0 Å². The molecule has 9 heteroatoms. The van der Waals surface area contributed by atoms with Gasteiger partial charge in [0.15, 0.2) is 5.16 Å². The second-order valence-electron chi connectivity index (χ2n) is 6.38. The molecule has 0 N–H and O–H groups in total. The smallest absolute Gasteiger partial charge is 0.233 e. The lowest BCUT2D eigenvalue weighted by Gasteiger charge is -2.21. The molecule has 0 spiro atoms. The van der Waals surface area contributed by atoms with Crippen LogP contribution in [0.5, 0.6) is 5.75 Å². The minimum atomic E-state index is 0.0751. The molecule has 0 aliphatic heterocycles. The third kappa shape index (κ3) is 5.10. The first kappa shape index (κ1) is 20.6. The predicted molar refractivity (Wildman–Crippen MR) is 122 cm³/mol. The van der Waals surface area contributed by atoms with E-state index >= 15 is 0 Å². The van der Waals surface area contributed by atoms with Crippen LogP contribution in [0.4, 0.5) is 0 Å². The number of thioether (sulfide) groups is 1. The molecule has 0 radical (unpaired) electrons. The van der Waals surface area contributed by atoms with Crippen LogP contribution in [0.1, 0.15) is 9.75 Å². The average molecular weight is 457 g/mol. The Labute approximate surface area is 187 Å². The molecule has 0 aliphatic rings. The fraction of sp³-hybridized carbons (Fsp3) is 0.190. The van der Waals surface area contributed by atoms with E-state index in [0.717, 1.165) is 11.4 Å². The number of carbonyl (C=O) groups excluding carboxylic acids is 1. The van der Waals surface area contributed by atoms with Crippen LogP contribution in [0.2, 0.25) is 0 Å². The summed E-state index contributed by atoms with van der Waals surface area (Å²) in [4.78, 5) is 17.3. The lowest BCUT2D eigenvalue weighted by molar-refractivity contribution is -0.129. The normalized spacial score (nSPS) is 10.8. The van der Waals surface area contributed by atoms with Crippen LogP contribution in [0.3, 0.4) is 0 Å². The number of amides is 1. The molecule has 0 aliphatic carbocycles. The van der Waals surface area contributed by atoms with Gasteiger partial charge in [0, 0.05) is 15.4 Å². The van der Waals surface area contributed by atoms with E-state index in [4.69, 9.17) is 4.74 Å². The lowest BCUT2D eigenvalue weighted by atomic mass is 10.3. The van der Waals surface area contributed by atoms with Gasteiger partial charge in [-0.1, -0.05) is 23.9 Å². The SMILES string of the molecule is COc1ccc(-n2cnnc2SCC(=O)N(Cc2cccs2)Cc2cccs2)cc1. The topological polar surface area (TPSA) is 60.2 Å². The van der Waals surface area contributed by atoms with Gasteiger partial charge in [0.2, 0.25) is 5.91 Å². The van der Waals surface area contributed by atoms with Crippen molar-refractivity contribution in [3.05, 3.63) is 75.4 Å². The zero-order valence-electron chi connectivity index (χ0n) is 16.3. The largest absolute Gasteiger partial charge is 0.497 e. The Morgan fingerprint density at radius 1 is 1.07 bits per heavy atom. The van der Waals surface area contributed by atoms with Gasteiger partial charge in [-0.2, -0.15) is 0 Å². The first-order chi connectivity index (χ1) is 14.7. The van der Waals surface area contributed by atoms with Gasteiger partial charge >= 0.3 is 0 Å². The Balaban J connectivity index is 1.44. The molecule has 3 aromatic heterocycles. The fourth-order valence-electron chi connectivity index (χ4n) is 2.87. The number of hydrogen-bond acceptors (Lipinski definition) is 7. The molecule has 1 aromatic carbocycles. The maximum absolute atomic E-state index is 13.1. The molecule has 0 saturated heterocycles. The van der Waals surface area contributed by atoms with Crippen LogP contribution in [0.15, 0.2) is 70.8 Å². The quantitative estimate of drug-likeness (QED) is 0.341. The number of ether oxygens (including phenoxy) is 1. The molecular formula is C21H20N4O2S3. The maximum atomic E-state index is 13.1. The van der Waals surface area contributed by atoms with Crippen LogP contribution < -0.4 is 4.74 Å². The molecule has 4 aromatic rings. The number of rotatable bonds is 9. The Morgan fingerprint density at radius 3 is 2.30 bits per heavy atom. The Kier molecular flexibility index (Phi) is 6.83. The molecular weight excluding hydrogens is 436 g/mol. The monoisotopic (exact) mass is 456 g/mol. The van der Waals surface area contributed by atoms with Crippen molar-refractivity contribution in [1.82, 2.24) is 19.7 Å². The zero-order chi connectivity index (χ0) is 20.8. The molecule has 0 saturated carbocycles. The number of thiophene rings is 2. The Morgan fingerprint density at radius 2 is 1.73 bits per heavy atom. The molecule has 0 fully saturated rings. The van der Waals surface area contributed by atoms with E-state index in [1.165, 1.54) is 21.5 Å². The highest BCUT2D eigenvalue weighted by molar-refractivity contribution is 7.99. The first-order valence-corrected chi connectivity index (χ1v) is 12.0. The number of nitrogens with zero attached hydrogens (tertiary/aromatic N) is 4. The number of benzene rings is 1. The van der Waals surface area contributed by atoms with Gasteiger partial charge in [-0.3, -0.25) is 9.36 Å². The van der Waals surface area contributed by atoms with Crippen LogP contribution in [-0.2, 0) is 17.9 Å². The number of aromatic nitrogens is 3. The van der Waals surface area contributed by atoms with Crippen molar-refractivity contribution in [1.29, 1.82) is 0 Å². The average Bonchev–Trinajstić information content (AvgIpc) is 3.54. The van der Waals surface area contributed by atoms with Gasteiger partial charge in [0.25, 0.3) is 0 Å². The summed E-state index contributed by atoms with van der Waals surface area (Å²) in [5.41, 5.74) is 0.921. The highest BCUT2D eigenvalue weighted by atomic mass is 32.2. The zero-order valence-corrected chi connectivity index (χ0v) is 18.8. The summed E-state index contributed by atoms with van der Waals surface area (Å²) in [5.74, 6) is 1.16. The highest BCUT2D eigenvalue weighted by Gasteiger charge is 2.18. The Hall–Kier alpha value is -2.62. The summed E-state index contributed by atoms with van der Waals surface area (Å²) < 4.78 is 7.09. The van der Waals surface area contributed by atoms with Crippen LogP contribution in [-0.4, -0.2) is 38.4 Å². The minimum Gasteiger partial charge on any atom is -0.497 e. The standard InChI is InChI=1S/C21H20N4O2S3/c1-27-17-8-6-16(7-9-17)25-15-22-23-21(25)30-14-20(26)24(12-18-4-2-10-28-18)13-19-5-3-11-29-19/h2-11,15H,12-14H2,1H3. The van der Waals surface area contributed by atoms with E-state index < -0.39 is 0 Å². The summed E-state index contributed by atoms with van der Waals surface area (Å²) in [7, 11) is 1.64. The van der Waals surface area contributed by atoms with Crippen molar-refractivity contribution in [3.63, 3.8) is 0 Å². The predicted octanol–water partition coefficient (Wildman–Crippen LogP) is 4.72. The molecule has 0 atom stereocenters. The van der Waals surface area contributed by atoms with Gasteiger partial charge in [0.1, 0.15) is 12.1 Å². The summed E-state index contributed by atoms with van der Waals surface area (Å²) >= 11 is 4.73. The van der Waals surface area contributed by atoms with Gasteiger partial charge < -0.3 is 9.64 Å². The van der Waals surface area contributed by atoms with Gasteiger partial charge in [-0.05, 0) is 47.2 Å². The maximum Gasteiger partial charge on any atom is 0.233 e. The van der Waals surface area contributed by atoms with E-state index in [1.807, 2.05) is 56.6 Å². The second-order valence-corrected chi connectivity index (χ2v) is 9.39. The summed E-state index contributed by atoms with van der Waals surface area (Å²) in [6.45, 7) is 1.22. The third-order valence-electron chi connectivity index (χ3n) is 4.40. The van der Waals surface area contributed by atoms with E-state index in [2.05, 4.69) is 22.3 Å². The van der Waals surface area contributed by atoms with Crippen molar-refractivity contribution in [2.75, 3.05) is 12.9 Å². The van der Waals surface area contributed by atoms with Gasteiger partial charge in [-0.15, -0.1) is 32.9 Å². The lowest BCUT2D eigenvalue weighted by Crippen LogP contribution is -2.31. The molecule has 1 amide bonds. The second kappa shape index (κ2) is 9.92. The minimum absolute atomic E-state index is 0.0751. The summed E-state index contributed by atoms with van der Waals surface area (Å²) in [6, 6.07) is 15.8. The van der Waals surface area contributed by atoms with Crippen molar-refractivity contribution in [2.24, 2.45) is 0 Å². The van der Waals surface area contributed by atoms with E-state index in [-0.39, 0.29) is 5.91 Å². The molecule has 3 heterocycles. The van der Waals surface area contributed by atoms with Crippen molar-refractivity contribution in [3.8, 4) is 11.4 Å². The number of hydrogen-bond donors (Lipinski definition) is 0. The first-order valence-electron chi connectivity index (χ1n) is 9.22. The van der Waals surface area contributed by atoms with Gasteiger partial charge in [0.05, 0.1) is 26.0 Å². The van der Waals surface area contributed by atoms with E-state index in [1.54, 1.807) is 36.1 Å². The Bertz CT molecular complexity index is 1020. The van der Waals surface area contributed by atoms with Crippen molar-refractivity contribution < 1.29 is 9.53 Å². The molecule has 0 bridgehead atoms. The van der Waals surface area contributed by atoms with Crippen molar-refractivity contribution in [2.45, 2.75) is 18.2 Å². The molecule has 6 nitrogen and oxygen atoms in total. The fourth-order valence-corrected chi connectivity index (χ4v) is 5.14. The third-order valence-corrected chi connectivity index (χ3v) is 7.05. The van der Waals surface area contributed by atoms with Crippen LogP contribution >= 0.6 is 34.4 Å². The number of carbonyl (C=O) groups is 1. The molecule has 154 valence electrons. The summed E-state index contributed by atoms with van der Waals surface area (Å²) in [5, 5.41) is 13.0. The van der Waals surface area contributed by atoms with Crippen LogP contribution in [0, 0.1) is 0 Å². The van der Waals surface area contributed by atoms with E-state index in [9.17, 15) is 4.79 Å². The molecule has 30 heavy (non-hydrogen) atoms. The highest BCUT2D eigenvalue weighted by Crippen LogP contribution is 2.23. The summed E-state index contributed by atoms with van der Waals surface area (Å²) in [6.07, 6.45) is 1.66. The van der Waals surface area contributed by atoms with E-state index in [0.29, 0.717) is 24.0 Å².